The summed E-state index contributed by atoms with van der Waals surface area (Å²) < 4.78 is 0. The van der Waals surface area contributed by atoms with Crippen molar-refractivity contribution < 1.29 is 9.69 Å². The summed E-state index contributed by atoms with van der Waals surface area (Å²) in [6.45, 7) is 6.68. The molecule has 1 aliphatic heterocycles. The monoisotopic (exact) mass is 238 g/mol. The third-order valence-corrected chi connectivity index (χ3v) is 4.87. The maximum atomic E-state index is 12.3. The largest absolute Gasteiger partial charge is 0.327 e. The Morgan fingerprint density at radius 1 is 1.12 bits per heavy atom. The van der Waals surface area contributed by atoms with Crippen molar-refractivity contribution in [1.82, 2.24) is 0 Å². The lowest BCUT2D eigenvalue weighted by molar-refractivity contribution is -0.922. The van der Waals surface area contributed by atoms with Crippen LogP contribution in [0.1, 0.15) is 58.8 Å². The lowest BCUT2D eigenvalue weighted by atomic mass is 9.85. The molecule has 0 aromatic heterocycles. The van der Waals surface area contributed by atoms with E-state index in [4.69, 9.17) is 0 Å². The fourth-order valence-corrected chi connectivity index (χ4v) is 3.62. The number of Topliss-reactive ketones (excluding diaryl/α,β-unsaturated/α-hetero) is 1. The Hall–Kier alpha value is -0.370. The minimum Gasteiger partial charge on any atom is -0.327 e. The number of nitrogens with one attached hydrogen (secondary N) is 1. The van der Waals surface area contributed by atoms with Gasteiger partial charge < -0.3 is 4.90 Å². The first kappa shape index (κ1) is 13.1. The fourth-order valence-electron chi connectivity index (χ4n) is 3.62. The Morgan fingerprint density at radius 2 is 1.82 bits per heavy atom. The molecule has 0 radical (unpaired) electrons. The zero-order valence-corrected chi connectivity index (χ0v) is 11.5. The Bertz CT molecular complexity index is 258. The zero-order chi connectivity index (χ0) is 12.3. The molecule has 3 unspecified atom stereocenters. The first-order valence-corrected chi connectivity index (χ1v) is 7.54. The van der Waals surface area contributed by atoms with Gasteiger partial charge in [0.1, 0.15) is 6.54 Å². The van der Waals surface area contributed by atoms with Gasteiger partial charge in [-0.05, 0) is 32.1 Å². The van der Waals surface area contributed by atoms with Crippen molar-refractivity contribution in [1.29, 1.82) is 0 Å². The molecule has 3 atom stereocenters. The molecule has 1 aliphatic carbocycles. The van der Waals surface area contributed by atoms with Crippen molar-refractivity contribution >= 4 is 5.78 Å². The molecule has 2 nitrogen and oxygen atoms in total. The van der Waals surface area contributed by atoms with Gasteiger partial charge in [0, 0.05) is 12.3 Å². The van der Waals surface area contributed by atoms with Crippen LogP contribution in [-0.2, 0) is 4.79 Å². The highest BCUT2D eigenvalue weighted by atomic mass is 16.1. The quantitative estimate of drug-likeness (QED) is 0.796. The second kappa shape index (κ2) is 5.99. The predicted molar refractivity (Wildman–Crippen MR) is 70.1 cm³/mol. The van der Waals surface area contributed by atoms with Gasteiger partial charge in [0.25, 0.3) is 0 Å². The van der Waals surface area contributed by atoms with Gasteiger partial charge in [0.15, 0.2) is 5.78 Å². The van der Waals surface area contributed by atoms with E-state index >= 15 is 0 Å². The molecular weight excluding hydrogens is 210 g/mol. The van der Waals surface area contributed by atoms with Gasteiger partial charge in [-0.25, -0.2) is 0 Å². The van der Waals surface area contributed by atoms with Crippen LogP contribution in [0.5, 0.6) is 0 Å². The maximum absolute atomic E-state index is 12.3. The average molecular weight is 238 g/mol. The third-order valence-electron chi connectivity index (χ3n) is 4.87. The van der Waals surface area contributed by atoms with Gasteiger partial charge in [-0.1, -0.05) is 26.2 Å². The van der Waals surface area contributed by atoms with Crippen molar-refractivity contribution in [2.24, 2.45) is 11.8 Å². The highest BCUT2D eigenvalue weighted by molar-refractivity contribution is 5.81. The van der Waals surface area contributed by atoms with Crippen molar-refractivity contribution in [3.8, 4) is 0 Å². The number of quaternary nitrogens is 1. The minimum atomic E-state index is 0.405. The van der Waals surface area contributed by atoms with E-state index in [1.54, 1.807) is 4.90 Å². The minimum absolute atomic E-state index is 0.405. The van der Waals surface area contributed by atoms with Crippen LogP contribution in [0.15, 0.2) is 0 Å². The molecule has 1 saturated heterocycles. The molecule has 1 N–H and O–H groups in total. The summed E-state index contributed by atoms with van der Waals surface area (Å²) in [5.74, 6) is 1.82. The molecule has 2 fully saturated rings. The standard InChI is InChI=1S/C15H27NO/c1-12-8-9-16(13(2)10-12)11-15(17)14-6-4-3-5-7-14/h12-14H,3-11H2,1-2H3/p+1. The van der Waals surface area contributed by atoms with Crippen LogP contribution in [0, 0.1) is 11.8 Å². The number of hydrogen-bond donors (Lipinski definition) is 1. The summed E-state index contributed by atoms with van der Waals surface area (Å²) >= 11 is 0. The Kier molecular flexibility index (Phi) is 4.61. The average Bonchev–Trinajstić information content (AvgIpc) is 2.34. The number of carbonyl (C=O) groups excluding carboxylic acids is 1. The smallest absolute Gasteiger partial charge is 0.189 e. The van der Waals surface area contributed by atoms with Crippen molar-refractivity contribution in [2.45, 2.75) is 64.8 Å². The summed E-state index contributed by atoms with van der Waals surface area (Å²) in [5, 5.41) is 0. The highest BCUT2D eigenvalue weighted by Crippen LogP contribution is 2.24. The van der Waals surface area contributed by atoms with E-state index in [-0.39, 0.29) is 0 Å². The summed E-state index contributed by atoms with van der Waals surface area (Å²) in [4.78, 5) is 13.8. The van der Waals surface area contributed by atoms with E-state index < -0.39 is 0 Å². The van der Waals surface area contributed by atoms with E-state index in [0.29, 0.717) is 17.7 Å². The molecule has 2 heteroatoms. The molecule has 0 amide bonds. The van der Waals surface area contributed by atoms with Crippen molar-refractivity contribution in [3.63, 3.8) is 0 Å². The molecule has 1 heterocycles. The SMILES string of the molecule is CC1CC[NH+](CC(=O)C2CCCCC2)C(C)C1. The molecular formula is C15H28NO+. The van der Waals surface area contributed by atoms with Crippen LogP contribution in [0.2, 0.25) is 0 Å². The Morgan fingerprint density at radius 3 is 2.47 bits per heavy atom. The topological polar surface area (TPSA) is 21.5 Å². The molecule has 2 aliphatic rings. The van der Waals surface area contributed by atoms with Crippen molar-refractivity contribution in [3.05, 3.63) is 0 Å². The second-order valence-corrected chi connectivity index (χ2v) is 6.42. The molecule has 17 heavy (non-hydrogen) atoms. The van der Waals surface area contributed by atoms with Gasteiger partial charge in [-0.2, -0.15) is 0 Å². The van der Waals surface area contributed by atoms with Crippen LogP contribution in [-0.4, -0.2) is 24.9 Å². The van der Waals surface area contributed by atoms with Crippen LogP contribution in [0.3, 0.4) is 0 Å². The predicted octanol–water partition coefficient (Wildman–Crippen LogP) is 1.84. The molecule has 2 rings (SSSR count). The van der Waals surface area contributed by atoms with Gasteiger partial charge in [-0.3, -0.25) is 4.79 Å². The first-order chi connectivity index (χ1) is 8.16. The normalized spacial score (nSPS) is 35.8. The van der Waals surface area contributed by atoms with E-state index in [2.05, 4.69) is 13.8 Å². The number of hydrogen-bond acceptors (Lipinski definition) is 1. The molecule has 1 saturated carbocycles. The summed E-state index contributed by atoms with van der Waals surface area (Å²) in [7, 11) is 0. The van der Waals surface area contributed by atoms with Crippen LogP contribution >= 0.6 is 0 Å². The summed E-state index contributed by atoms with van der Waals surface area (Å²) in [6.07, 6.45) is 8.82. The van der Waals surface area contributed by atoms with Crippen LogP contribution in [0.25, 0.3) is 0 Å². The summed E-state index contributed by atoms with van der Waals surface area (Å²) in [6, 6.07) is 0.686. The Labute approximate surface area is 106 Å². The Balaban J connectivity index is 1.81. The lowest BCUT2D eigenvalue weighted by Crippen LogP contribution is -3.17. The van der Waals surface area contributed by atoms with Gasteiger partial charge in [-0.15, -0.1) is 0 Å². The molecule has 0 aromatic rings. The van der Waals surface area contributed by atoms with E-state index in [1.807, 2.05) is 0 Å². The highest BCUT2D eigenvalue weighted by Gasteiger charge is 2.30. The molecule has 0 aromatic carbocycles. The zero-order valence-electron chi connectivity index (χ0n) is 11.5. The number of likely N-dealkylation sites (tertiary alicyclic amines) is 1. The van der Waals surface area contributed by atoms with Gasteiger partial charge in [0.05, 0.1) is 12.6 Å². The van der Waals surface area contributed by atoms with Crippen LogP contribution in [0.4, 0.5) is 0 Å². The molecule has 0 bridgehead atoms. The summed E-state index contributed by atoms with van der Waals surface area (Å²) in [5.41, 5.74) is 0. The number of piperidine rings is 1. The van der Waals surface area contributed by atoms with Gasteiger partial charge in [0.2, 0.25) is 0 Å². The van der Waals surface area contributed by atoms with E-state index in [0.717, 1.165) is 25.3 Å². The maximum Gasteiger partial charge on any atom is 0.189 e. The van der Waals surface area contributed by atoms with Crippen molar-refractivity contribution in [2.75, 3.05) is 13.1 Å². The first-order valence-electron chi connectivity index (χ1n) is 7.54. The second-order valence-electron chi connectivity index (χ2n) is 6.42. The number of carbonyl (C=O) groups is 1. The van der Waals surface area contributed by atoms with E-state index in [1.165, 1.54) is 38.6 Å². The molecule has 0 spiro atoms. The lowest BCUT2D eigenvalue weighted by Gasteiger charge is -2.34. The number of ketones is 1. The third kappa shape index (κ3) is 3.54. The fraction of sp³-hybridized carbons (Fsp3) is 0.933. The number of rotatable bonds is 3. The van der Waals surface area contributed by atoms with Gasteiger partial charge >= 0.3 is 0 Å². The van der Waals surface area contributed by atoms with E-state index in [9.17, 15) is 4.79 Å². The van der Waals surface area contributed by atoms with Crippen LogP contribution < -0.4 is 4.90 Å². The molecule has 98 valence electrons.